The maximum atomic E-state index is 2.46. The van der Waals surface area contributed by atoms with E-state index in [4.69, 9.17) is 0 Å². The van der Waals surface area contributed by atoms with E-state index < -0.39 is 126 Å². The van der Waals surface area contributed by atoms with Crippen molar-refractivity contribution in [3.05, 3.63) is 282 Å². The first kappa shape index (κ1) is 83.4. The van der Waals surface area contributed by atoms with Crippen LogP contribution in [0.1, 0.15) is 38.9 Å². The summed E-state index contributed by atoms with van der Waals surface area (Å²) in [7, 11) is 0. The fraction of sp³-hybridized carbons (Fsp3) is 0.277. The van der Waals surface area contributed by atoms with Crippen molar-refractivity contribution in [2.24, 2.45) is 0 Å². The van der Waals surface area contributed by atoms with Crippen LogP contribution in [0.15, 0.2) is 243 Å². The van der Waals surface area contributed by atoms with Crippen LogP contribution in [0.4, 0.5) is 0 Å². The van der Waals surface area contributed by atoms with E-state index in [1.54, 1.807) is 20.3 Å². The Morgan fingerprint density at radius 1 is 0.286 bits per heavy atom. The molecule has 0 aliphatic heterocycles. The van der Waals surface area contributed by atoms with Crippen LogP contribution >= 0.6 is 0 Å². The van der Waals surface area contributed by atoms with Crippen molar-refractivity contribution in [1.29, 1.82) is 0 Å². The standard InChI is InChI=1S/C15H17B.2C13H11.2C8H9.2C6H5.C2H6Te.12CH3.3Bi.3Sb/c1-12-8-7-11-14(15(12)16(2)3)13-9-5-4-6-10-13;2*1-11-6-5-9-13(10-11)12-7-3-2-4-8-12;2*1-7-4-3-5-8(2)6-7;2*1-2-4-6-5-3-1;1-3-2;;;;;;;;;;;;;;;;;;/h4-11H,1-3H3;2*2-9H,1H3;2*3-5H,1-2H3;2*1-5H;1-2H3;12*1H3;;;;;;. The zero-order valence-corrected chi connectivity index (χ0v) is 80.2. The predicted molar refractivity (Wildman–Crippen MR) is 432 cm³/mol. The van der Waals surface area contributed by atoms with E-state index in [9.17, 15) is 0 Å². The van der Waals surface area contributed by atoms with Crippen LogP contribution in [0.5, 0.6) is 0 Å². The minimum absolute atomic E-state index is 0.470. The molecule has 0 aromatic heterocycles. The van der Waals surface area contributed by atoms with Crippen LogP contribution in [-0.4, -0.2) is 154 Å². The topological polar surface area (TPSA) is 0 Å². The van der Waals surface area contributed by atoms with Crippen molar-refractivity contribution in [3.8, 4) is 33.4 Å². The summed E-state index contributed by atoms with van der Waals surface area (Å²) in [5.41, 5.74) is 20.1. The van der Waals surface area contributed by atoms with Gasteiger partial charge in [-0.2, -0.15) is 0 Å². The normalized spacial score (nSPS) is 10.3. The van der Waals surface area contributed by atoms with Gasteiger partial charge in [0, 0.05) is 0 Å². The van der Waals surface area contributed by atoms with Gasteiger partial charge in [-0.15, -0.1) is 0 Å². The molecule has 0 amide bonds. The average Bonchev–Trinajstić information content (AvgIpc) is 1.12. The number of benzene rings is 10. The second kappa shape index (κ2) is 46.4. The second-order valence-electron chi connectivity index (χ2n) is 24.2. The van der Waals surface area contributed by atoms with E-state index in [-0.39, 0.29) is 0 Å². The van der Waals surface area contributed by atoms with Crippen molar-refractivity contribution in [2.45, 2.75) is 129 Å². The molecular formula is C83H109BBi3Sb3Te. The van der Waals surface area contributed by atoms with Gasteiger partial charge in [0.15, 0.2) is 6.71 Å². The van der Waals surface area contributed by atoms with Crippen LogP contribution in [0.3, 0.4) is 0 Å². The van der Waals surface area contributed by atoms with Crippen LogP contribution in [0.2, 0.25) is 80.6 Å². The number of rotatable bonds is 10. The van der Waals surface area contributed by atoms with Crippen LogP contribution in [0, 0.1) is 48.5 Å². The Morgan fingerprint density at radius 3 is 0.901 bits per heavy atom. The number of hydrogen-bond donors (Lipinski definition) is 0. The summed E-state index contributed by atoms with van der Waals surface area (Å²) in [6.45, 7) is 20.7. The molecule has 0 aliphatic rings. The van der Waals surface area contributed by atoms with Gasteiger partial charge >= 0.3 is 525 Å². The van der Waals surface area contributed by atoms with Crippen molar-refractivity contribution in [3.63, 3.8) is 0 Å². The molecule has 0 N–H and O–H groups in total. The summed E-state index contributed by atoms with van der Waals surface area (Å²) in [5.74, 6) is 0. The predicted octanol–water partition coefficient (Wildman–Crippen LogP) is 19.5. The molecule has 8 heteroatoms. The molecule has 0 atom stereocenters. The molecular weight excluding hydrogens is 2130 g/mol. The van der Waals surface area contributed by atoms with Gasteiger partial charge in [0.1, 0.15) is 0 Å². The Balaban J connectivity index is 0.000000278. The molecule has 10 aromatic carbocycles. The average molecular weight is 2240 g/mol. The van der Waals surface area contributed by atoms with E-state index in [1.165, 1.54) is 77.8 Å². The van der Waals surface area contributed by atoms with E-state index in [0.717, 1.165) is 0 Å². The third-order valence-electron chi connectivity index (χ3n) is 14.8. The summed E-state index contributed by atoms with van der Waals surface area (Å²) >= 11 is -6.34. The van der Waals surface area contributed by atoms with Crippen molar-refractivity contribution < 1.29 is 0 Å². The fourth-order valence-electron chi connectivity index (χ4n) is 11.0. The van der Waals surface area contributed by atoms with Crippen molar-refractivity contribution >= 4 is 179 Å². The van der Waals surface area contributed by atoms with Crippen LogP contribution < -0.4 is 25.8 Å². The van der Waals surface area contributed by atoms with Crippen LogP contribution in [0.25, 0.3) is 33.4 Å². The van der Waals surface area contributed by atoms with Gasteiger partial charge in [-0.3, -0.25) is 0 Å². The molecule has 480 valence electrons. The third-order valence-corrected chi connectivity index (χ3v) is 44.6. The molecule has 91 heavy (non-hydrogen) atoms. The van der Waals surface area contributed by atoms with Gasteiger partial charge in [-0.25, -0.2) is 0 Å². The Bertz CT molecular complexity index is 3230. The molecule has 0 saturated carbocycles. The number of aryl methyl sites for hydroxylation is 7. The fourth-order valence-corrected chi connectivity index (χ4v) is 36.6. The quantitative estimate of drug-likeness (QED) is 0.120. The van der Waals surface area contributed by atoms with Gasteiger partial charge in [0.25, 0.3) is 0 Å². The molecule has 0 heterocycles. The van der Waals surface area contributed by atoms with Gasteiger partial charge in [0.05, 0.1) is 0 Å². The van der Waals surface area contributed by atoms with Crippen molar-refractivity contribution in [2.75, 3.05) is 0 Å². The van der Waals surface area contributed by atoms with E-state index >= 15 is 0 Å². The van der Waals surface area contributed by atoms with E-state index in [0.29, 0.717) is 27.6 Å². The molecule has 0 unspecified atom stereocenters. The Labute approximate surface area is 614 Å². The Kier molecular flexibility index (Phi) is 42.5. The summed E-state index contributed by atoms with van der Waals surface area (Å²) in [6.07, 6.45) is 0. The van der Waals surface area contributed by atoms with Gasteiger partial charge in [-0.05, 0) is 18.1 Å². The zero-order chi connectivity index (χ0) is 67.6. The van der Waals surface area contributed by atoms with Gasteiger partial charge in [0.2, 0.25) is 0 Å². The first-order valence-electron chi connectivity index (χ1n) is 31.5. The summed E-state index contributed by atoms with van der Waals surface area (Å²) in [5, 5.41) is 0. The summed E-state index contributed by atoms with van der Waals surface area (Å²) < 4.78 is 24.6. The second-order valence-corrected chi connectivity index (χ2v) is 72.2. The van der Waals surface area contributed by atoms with Gasteiger partial charge in [-0.1, -0.05) is 73.2 Å². The van der Waals surface area contributed by atoms with E-state index in [1.807, 2.05) is 0 Å². The summed E-state index contributed by atoms with van der Waals surface area (Å²) in [4.78, 5) is 19.0. The Hall–Kier alpha value is -1.84. The summed E-state index contributed by atoms with van der Waals surface area (Å²) in [6, 6.07) is 86.9. The number of hydrogen-bond acceptors (Lipinski definition) is 0. The van der Waals surface area contributed by atoms with Crippen molar-refractivity contribution in [1.82, 2.24) is 0 Å². The first-order chi connectivity index (χ1) is 43.4. The molecule has 10 rings (SSSR count). The monoisotopic (exact) mass is 2240 g/mol. The maximum absolute atomic E-state index is 2.46. The molecule has 0 nitrogen and oxygen atoms in total. The van der Waals surface area contributed by atoms with Gasteiger partial charge < -0.3 is 0 Å². The molecule has 0 bridgehead atoms. The molecule has 0 saturated heterocycles. The SMILES string of the molecule is CB(C)c1c(C)cccc1-c1ccccc1.C[Te]C.Cc1cccc(-c2ccccc2)[c]1[Bi]([CH3])[CH3].Cc1cccc(-c2ccccc2)[c]1[Sb]([CH3])[CH3].Cc1cccc(C)[c]1[Bi]([CH3])[CH3].Cc1cccc(C)[c]1[Sb]([CH3])[CH3].[CH3][Bi]([CH3])[c]1ccccc1.[CH3][Sb]([CH3])[c]1ccccc1. The Morgan fingerprint density at radius 2 is 0.582 bits per heavy atom. The van der Waals surface area contributed by atoms with E-state index in [2.05, 4.69) is 372 Å². The third kappa shape index (κ3) is 29.8. The molecule has 10 aromatic rings. The molecule has 0 spiro atoms. The molecule has 0 radical (unpaired) electrons. The van der Waals surface area contributed by atoms with Crippen LogP contribution in [-0.2, 0) is 0 Å². The minimum atomic E-state index is -1.40. The zero-order valence-electron chi connectivity index (χ0n) is 59.8. The molecule has 0 aliphatic carbocycles. The molecule has 0 fully saturated rings. The first-order valence-corrected chi connectivity index (χ1v) is 81.4.